The van der Waals surface area contributed by atoms with Crippen molar-refractivity contribution in [1.82, 2.24) is 4.90 Å². The Hall–Kier alpha value is -1.59. The van der Waals surface area contributed by atoms with Gasteiger partial charge in [0, 0.05) is 17.3 Å². The number of aryl methyl sites for hydroxylation is 1. The Morgan fingerprint density at radius 3 is 2.70 bits per heavy atom. The van der Waals surface area contributed by atoms with E-state index in [1.165, 1.54) is 0 Å². The summed E-state index contributed by atoms with van der Waals surface area (Å²) in [5.74, 6) is -1.07. The number of nitrogens with one attached hydrogen (secondary N) is 1. The maximum absolute atomic E-state index is 12.1. The fourth-order valence-electron chi connectivity index (χ4n) is 1.63. The largest absolute Gasteiger partial charge is 0.481 e. The summed E-state index contributed by atoms with van der Waals surface area (Å²) >= 11 is 5.90. The number of carboxylic acid groups (broad SMARTS) is 1. The van der Waals surface area contributed by atoms with Crippen LogP contribution in [0.4, 0.5) is 5.69 Å². The van der Waals surface area contributed by atoms with Gasteiger partial charge in [-0.3, -0.25) is 14.5 Å². The number of carbonyl (C=O) groups excluding carboxylic acids is 1. The zero-order chi connectivity index (χ0) is 15.3. The first-order chi connectivity index (χ1) is 9.31. The molecule has 6 heteroatoms. The van der Waals surface area contributed by atoms with Gasteiger partial charge in [0.2, 0.25) is 5.91 Å². The number of likely N-dealkylation sites (N-methyl/N-ethyl adjacent to an activating group) is 1. The Morgan fingerprint density at radius 1 is 1.45 bits per heavy atom. The van der Waals surface area contributed by atoms with Crippen LogP contribution in [0.25, 0.3) is 0 Å². The first kappa shape index (κ1) is 16.5. The molecule has 1 aromatic carbocycles. The molecule has 1 atom stereocenters. The predicted octanol–water partition coefficient (Wildman–Crippen LogP) is 2.38. The molecule has 20 heavy (non-hydrogen) atoms. The maximum Gasteiger partial charge on any atom is 0.304 e. The third kappa shape index (κ3) is 4.83. The van der Waals surface area contributed by atoms with Gasteiger partial charge < -0.3 is 10.4 Å². The summed E-state index contributed by atoms with van der Waals surface area (Å²) in [6.07, 6.45) is 0.00428. The highest BCUT2D eigenvalue weighted by atomic mass is 35.5. The van der Waals surface area contributed by atoms with Gasteiger partial charge in [-0.25, -0.2) is 0 Å². The van der Waals surface area contributed by atoms with Crippen molar-refractivity contribution in [3.05, 3.63) is 28.8 Å². The first-order valence-electron chi connectivity index (χ1n) is 6.30. The fraction of sp³-hybridized carbons (Fsp3) is 0.429. The van der Waals surface area contributed by atoms with Gasteiger partial charge in [0.1, 0.15) is 0 Å². The standard InChI is InChI=1S/C14H19ClN2O3/c1-9-4-5-11(15)8-12(9)16-14(20)10(2)17(3)7-6-13(18)19/h4-5,8,10H,6-7H2,1-3H3,(H,16,20)(H,18,19). The van der Waals surface area contributed by atoms with Crippen molar-refractivity contribution in [2.45, 2.75) is 26.3 Å². The molecule has 0 bridgehead atoms. The average molecular weight is 299 g/mol. The van der Waals surface area contributed by atoms with Crippen molar-refractivity contribution in [2.24, 2.45) is 0 Å². The van der Waals surface area contributed by atoms with Crippen LogP contribution < -0.4 is 5.32 Å². The molecule has 1 unspecified atom stereocenters. The van der Waals surface area contributed by atoms with Gasteiger partial charge in [-0.05, 0) is 38.6 Å². The number of carboxylic acids is 1. The van der Waals surface area contributed by atoms with Gasteiger partial charge in [0.25, 0.3) is 0 Å². The molecular weight excluding hydrogens is 280 g/mol. The molecule has 0 fully saturated rings. The normalized spacial score (nSPS) is 12.2. The van der Waals surface area contributed by atoms with Crippen LogP contribution in [0.5, 0.6) is 0 Å². The summed E-state index contributed by atoms with van der Waals surface area (Å²) in [7, 11) is 1.72. The van der Waals surface area contributed by atoms with Crippen LogP contribution in [0.1, 0.15) is 18.9 Å². The van der Waals surface area contributed by atoms with E-state index in [-0.39, 0.29) is 12.3 Å². The highest BCUT2D eigenvalue weighted by Crippen LogP contribution is 2.20. The molecule has 0 aromatic heterocycles. The first-order valence-corrected chi connectivity index (χ1v) is 6.68. The summed E-state index contributed by atoms with van der Waals surface area (Å²) in [4.78, 5) is 24.3. The molecule has 110 valence electrons. The second-order valence-electron chi connectivity index (χ2n) is 4.75. The van der Waals surface area contributed by atoms with Gasteiger partial charge in [0.15, 0.2) is 0 Å². The van der Waals surface area contributed by atoms with Crippen LogP contribution in [0.15, 0.2) is 18.2 Å². The summed E-state index contributed by atoms with van der Waals surface area (Å²) < 4.78 is 0. The number of rotatable bonds is 6. The molecule has 1 amide bonds. The predicted molar refractivity (Wildman–Crippen MR) is 79.2 cm³/mol. The number of hydrogen-bond acceptors (Lipinski definition) is 3. The number of halogens is 1. The van der Waals surface area contributed by atoms with E-state index >= 15 is 0 Å². The van der Waals surface area contributed by atoms with Crippen LogP contribution in [0.2, 0.25) is 5.02 Å². The summed E-state index contributed by atoms with van der Waals surface area (Å²) in [5, 5.41) is 12.0. The average Bonchev–Trinajstić information content (AvgIpc) is 2.39. The number of hydrogen-bond donors (Lipinski definition) is 2. The molecule has 0 aliphatic carbocycles. The van der Waals surface area contributed by atoms with E-state index < -0.39 is 12.0 Å². The van der Waals surface area contributed by atoms with E-state index in [9.17, 15) is 9.59 Å². The van der Waals surface area contributed by atoms with Gasteiger partial charge in [-0.15, -0.1) is 0 Å². The van der Waals surface area contributed by atoms with Crippen LogP contribution in [0, 0.1) is 6.92 Å². The Morgan fingerprint density at radius 2 is 2.10 bits per heavy atom. The third-order valence-electron chi connectivity index (χ3n) is 3.18. The second-order valence-corrected chi connectivity index (χ2v) is 5.19. The molecule has 0 aliphatic heterocycles. The van der Waals surface area contributed by atoms with Gasteiger partial charge in [-0.2, -0.15) is 0 Å². The van der Waals surface area contributed by atoms with E-state index in [2.05, 4.69) is 5.32 Å². The fourth-order valence-corrected chi connectivity index (χ4v) is 1.80. The molecule has 0 heterocycles. The topological polar surface area (TPSA) is 69.6 Å². The quantitative estimate of drug-likeness (QED) is 0.846. The lowest BCUT2D eigenvalue weighted by Crippen LogP contribution is -2.40. The second kappa shape index (κ2) is 7.26. The number of carbonyl (C=O) groups is 2. The zero-order valence-corrected chi connectivity index (χ0v) is 12.6. The maximum atomic E-state index is 12.1. The number of nitrogens with zero attached hydrogens (tertiary/aromatic N) is 1. The van der Waals surface area contributed by atoms with E-state index in [0.717, 1.165) is 5.56 Å². The van der Waals surface area contributed by atoms with Gasteiger partial charge >= 0.3 is 5.97 Å². The Labute approximate surface area is 123 Å². The monoisotopic (exact) mass is 298 g/mol. The molecular formula is C14H19ClN2O3. The van der Waals surface area contributed by atoms with Crippen LogP contribution in [0.3, 0.4) is 0 Å². The molecule has 1 rings (SSSR count). The molecule has 0 aliphatic rings. The Kier molecular flexibility index (Phi) is 5.98. The lowest BCUT2D eigenvalue weighted by molar-refractivity contribution is -0.137. The number of benzene rings is 1. The number of amides is 1. The van der Waals surface area contributed by atoms with Crippen LogP contribution in [-0.4, -0.2) is 41.5 Å². The number of anilines is 1. The minimum atomic E-state index is -0.879. The minimum Gasteiger partial charge on any atom is -0.481 e. The molecule has 0 saturated carbocycles. The van der Waals surface area contributed by atoms with E-state index in [4.69, 9.17) is 16.7 Å². The minimum absolute atomic E-state index is 0.00428. The van der Waals surface area contributed by atoms with E-state index in [1.54, 1.807) is 31.0 Å². The van der Waals surface area contributed by atoms with Gasteiger partial charge in [-0.1, -0.05) is 17.7 Å². The Bertz CT molecular complexity index is 505. The Balaban J connectivity index is 2.65. The van der Waals surface area contributed by atoms with Crippen molar-refractivity contribution in [3.63, 3.8) is 0 Å². The third-order valence-corrected chi connectivity index (χ3v) is 3.41. The molecule has 0 radical (unpaired) electrons. The zero-order valence-electron chi connectivity index (χ0n) is 11.8. The lowest BCUT2D eigenvalue weighted by Gasteiger charge is -2.23. The van der Waals surface area contributed by atoms with Crippen molar-refractivity contribution >= 4 is 29.2 Å². The summed E-state index contributed by atoms with van der Waals surface area (Å²) in [6, 6.07) is 4.86. The van der Waals surface area contributed by atoms with E-state index in [1.807, 2.05) is 13.0 Å². The van der Waals surface area contributed by atoms with Crippen LogP contribution in [-0.2, 0) is 9.59 Å². The summed E-state index contributed by atoms with van der Waals surface area (Å²) in [6.45, 7) is 3.93. The molecule has 1 aromatic rings. The van der Waals surface area contributed by atoms with E-state index in [0.29, 0.717) is 17.3 Å². The van der Waals surface area contributed by atoms with Crippen molar-refractivity contribution in [2.75, 3.05) is 18.9 Å². The van der Waals surface area contributed by atoms with Crippen molar-refractivity contribution < 1.29 is 14.7 Å². The SMILES string of the molecule is Cc1ccc(Cl)cc1NC(=O)C(C)N(C)CCC(=O)O. The molecule has 0 saturated heterocycles. The molecule has 5 nitrogen and oxygen atoms in total. The van der Waals surface area contributed by atoms with Gasteiger partial charge in [0.05, 0.1) is 12.5 Å². The van der Waals surface area contributed by atoms with Crippen molar-refractivity contribution in [1.29, 1.82) is 0 Å². The highest BCUT2D eigenvalue weighted by molar-refractivity contribution is 6.31. The molecule has 0 spiro atoms. The van der Waals surface area contributed by atoms with Crippen LogP contribution >= 0.6 is 11.6 Å². The van der Waals surface area contributed by atoms with Crippen molar-refractivity contribution in [3.8, 4) is 0 Å². The molecule has 2 N–H and O–H groups in total. The number of aliphatic carboxylic acids is 1. The highest BCUT2D eigenvalue weighted by Gasteiger charge is 2.19. The smallest absolute Gasteiger partial charge is 0.304 e. The lowest BCUT2D eigenvalue weighted by atomic mass is 10.2. The summed E-state index contributed by atoms with van der Waals surface area (Å²) in [5.41, 5.74) is 1.59.